The fraction of sp³-hybridized carbons (Fsp3) is 0.231. The third-order valence-corrected chi connectivity index (χ3v) is 6.77. The Bertz CT molecular complexity index is 1530. The zero-order valence-corrected chi connectivity index (χ0v) is 20.3. The molecule has 0 saturated heterocycles. The van der Waals surface area contributed by atoms with Crippen LogP contribution < -0.4 is 10.6 Å². The first-order valence-corrected chi connectivity index (χ1v) is 11.8. The summed E-state index contributed by atoms with van der Waals surface area (Å²) in [7, 11) is 0. The summed E-state index contributed by atoms with van der Waals surface area (Å²) in [5, 5.41) is 10.5. The number of nitrogens with zero attached hydrogens (tertiary/aromatic N) is 3. The highest BCUT2D eigenvalue weighted by atomic mass is 35.5. The number of hydrogen-bond donors (Lipinski definition) is 2. The molecule has 37 heavy (non-hydrogen) atoms. The van der Waals surface area contributed by atoms with Gasteiger partial charge in [0.2, 0.25) is 5.91 Å². The molecule has 1 fully saturated rings. The van der Waals surface area contributed by atoms with Gasteiger partial charge >= 0.3 is 6.18 Å². The van der Waals surface area contributed by atoms with Gasteiger partial charge < -0.3 is 10.6 Å². The lowest BCUT2D eigenvalue weighted by atomic mass is 10.1. The van der Waals surface area contributed by atoms with Gasteiger partial charge in [0.15, 0.2) is 0 Å². The van der Waals surface area contributed by atoms with Gasteiger partial charge in [-0.15, -0.1) is 0 Å². The third kappa shape index (κ3) is 4.64. The molecule has 0 atom stereocenters. The Morgan fingerprint density at radius 3 is 2.62 bits per heavy atom. The largest absolute Gasteiger partial charge is 0.403 e. The van der Waals surface area contributed by atoms with Gasteiger partial charge in [-0.2, -0.15) is 18.3 Å². The molecule has 2 N–H and O–H groups in total. The summed E-state index contributed by atoms with van der Waals surface area (Å²) in [6.07, 6.45) is -1.70. The molecule has 1 saturated carbocycles. The van der Waals surface area contributed by atoms with Crippen LogP contribution in [-0.4, -0.2) is 32.8 Å². The standard InChI is InChI=1S/C26H21ClF3N5O2/c1-15-11-17(7-10-31-15)35-22-4-2-3-21(19(22)14-33-35)34-23(36)18-12-16(5-6-20(18)27)13-32-24(37)25(8-9-25)26(28,29)30/h2-7,10-12,14H,8-9,13H2,1H3,(H,32,37)(H,34,36). The number of halogens is 4. The Labute approximate surface area is 214 Å². The monoisotopic (exact) mass is 527 g/mol. The molecule has 0 spiro atoms. The summed E-state index contributed by atoms with van der Waals surface area (Å²) >= 11 is 6.26. The Kier molecular flexibility index (Phi) is 6.15. The molecule has 2 amide bonds. The summed E-state index contributed by atoms with van der Waals surface area (Å²) in [5.74, 6) is -1.57. The maximum atomic E-state index is 13.2. The Morgan fingerprint density at radius 2 is 1.92 bits per heavy atom. The highest BCUT2D eigenvalue weighted by molar-refractivity contribution is 6.34. The van der Waals surface area contributed by atoms with Crippen LogP contribution in [0.5, 0.6) is 0 Å². The van der Waals surface area contributed by atoms with E-state index in [-0.39, 0.29) is 30.0 Å². The minimum Gasteiger partial charge on any atom is -0.351 e. The first-order valence-electron chi connectivity index (χ1n) is 11.4. The van der Waals surface area contributed by atoms with Crippen molar-refractivity contribution >= 4 is 40.0 Å². The number of alkyl halides is 3. The van der Waals surface area contributed by atoms with Crippen molar-refractivity contribution in [2.45, 2.75) is 32.5 Å². The molecule has 0 unspecified atom stereocenters. The lowest BCUT2D eigenvalue weighted by Gasteiger charge is -2.18. The predicted octanol–water partition coefficient (Wildman–Crippen LogP) is 5.59. The van der Waals surface area contributed by atoms with Crippen molar-refractivity contribution in [1.29, 1.82) is 0 Å². The molecule has 2 aromatic heterocycles. The molecule has 4 aromatic rings. The van der Waals surface area contributed by atoms with E-state index in [1.165, 1.54) is 12.1 Å². The van der Waals surface area contributed by atoms with Crippen LogP contribution in [0, 0.1) is 12.3 Å². The average Bonchev–Trinajstić information content (AvgIpc) is 3.57. The van der Waals surface area contributed by atoms with Crippen LogP contribution in [0.1, 0.15) is 34.5 Å². The minimum atomic E-state index is -4.59. The fourth-order valence-corrected chi connectivity index (χ4v) is 4.39. The second kappa shape index (κ2) is 9.19. The average molecular weight is 528 g/mol. The lowest BCUT2D eigenvalue weighted by Crippen LogP contribution is -2.40. The van der Waals surface area contributed by atoms with Gasteiger partial charge in [0.1, 0.15) is 5.41 Å². The van der Waals surface area contributed by atoms with Gasteiger partial charge in [0.25, 0.3) is 5.91 Å². The fourth-order valence-electron chi connectivity index (χ4n) is 4.19. The van der Waals surface area contributed by atoms with Crippen LogP contribution in [0.25, 0.3) is 16.6 Å². The van der Waals surface area contributed by atoms with Crippen molar-refractivity contribution in [1.82, 2.24) is 20.1 Å². The number of fused-ring (bicyclic) bond motifs is 1. The second-order valence-corrected chi connectivity index (χ2v) is 9.39. The Hall–Kier alpha value is -3.92. The predicted molar refractivity (Wildman–Crippen MR) is 133 cm³/mol. The molecular formula is C26H21ClF3N5O2. The number of aromatic nitrogens is 3. The number of benzene rings is 2. The van der Waals surface area contributed by atoms with Gasteiger partial charge in [0.05, 0.1) is 33.7 Å². The van der Waals surface area contributed by atoms with E-state index in [0.29, 0.717) is 16.6 Å². The van der Waals surface area contributed by atoms with Crippen LogP contribution in [0.2, 0.25) is 5.02 Å². The molecule has 0 aliphatic heterocycles. The van der Waals surface area contributed by atoms with Crippen molar-refractivity contribution in [2.24, 2.45) is 5.41 Å². The minimum absolute atomic E-state index is 0.125. The number of carbonyl (C=O) groups excluding carboxylic acids is 2. The molecule has 0 bridgehead atoms. The summed E-state index contributed by atoms with van der Waals surface area (Å²) in [6.45, 7) is 1.71. The van der Waals surface area contributed by atoms with Gasteiger partial charge in [-0.05, 0) is 61.7 Å². The number of pyridine rings is 1. The molecule has 0 radical (unpaired) electrons. The Morgan fingerprint density at radius 1 is 1.14 bits per heavy atom. The number of aryl methyl sites for hydroxylation is 1. The highest BCUT2D eigenvalue weighted by Crippen LogP contribution is 2.57. The second-order valence-electron chi connectivity index (χ2n) is 8.98. The van der Waals surface area contributed by atoms with Gasteiger partial charge in [-0.3, -0.25) is 14.6 Å². The van der Waals surface area contributed by atoms with Gasteiger partial charge in [-0.25, -0.2) is 4.68 Å². The van der Waals surface area contributed by atoms with Gasteiger partial charge in [-0.1, -0.05) is 23.7 Å². The molecular weight excluding hydrogens is 507 g/mol. The van der Waals surface area contributed by atoms with E-state index in [1.54, 1.807) is 35.3 Å². The van der Waals surface area contributed by atoms with E-state index < -0.39 is 23.4 Å². The molecule has 190 valence electrons. The van der Waals surface area contributed by atoms with E-state index in [0.717, 1.165) is 16.9 Å². The van der Waals surface area contributed by atoms with Crippen molar-refractivity contribution in [3.63, 3.8) is 0 Å². The van der Waals surface area contributed by atoms with E-state index in [4.69, 9.17) is 11.6 Å². The molecule has 1 aliphatic rings. The van der Waals surface area contributed by atoms with Crippen LogP contribution in [0.3, 0.4) is 0 Å². The molecule has 2 aromatic carbocycles. The van der Waals surface area contributed by atoms with Crippen LogP contribution in [0.4, 0.5) is 18.9 Å². The van der Waals surface area contributed by atoms with E-state index >= 15 is 0 Å². The van der Waals surface area contributed by atoms with Crippen molar-refractivity contribution in [2.75, 3.05) is 5.32 Å². The molecule has 7 nitrogen and oxygen atoms in total. The highest BCUT2D eigenvalue weighted by Gasteiger charge is 2.68. The van der Waals surface area contributed by atoms with Crippen molar-refractivity contribution in [3.8, 4) is 5.69 Å². The quantitative estimate of drug-likeness (QED) is 0.342. The summed E-state index contributed by atoms with van der Waals surface area (Å²) in [5.41, 5.74) is 1.20. The topological polar surface area (TPSA) is 88.9 Å². The number of amides is 2. The van der Waals surface area contributed by atoms with E-state index in [9.17, 15) is 22.8 Å². The van der Waals surface area contributed by atoms with Crippen molar-refractivity contribution in [3.05, 3.63) is 82.8 Å². The summed E-state index contributed by atoms with van der Waals surface area (Å²) in [6, 6.07) is 13.6. The van der Waals surface area contributed by atoms with Gasteiger partial charge in [0, 0.05) is 23.8 Å². The van der Waals surface area contributed by atoms with E-state index in [2.05, 4.69) is 20.7 Å². The first kappa shape index (κ1) is 24.8. The molecule has 11 heteroatoms. The van der Waals surface area contributed by atoms with Crippen LogP contribution >= 0.6 is 11.6 Å². The number of rotatable bonds is 6. The maximum absolute atomic E-state index is 13.2. The Balaban J connectivity index is 1.35. The number of carbonyl (C=O) groups is 2. The van der Waals surface area contributed by atoms with Crippen LogP contribution in [0.15, 0.2) is 60.9 Å². The zero-order chi connectivity index (χ0) is 26.4. The van der Waals surface area contributed by atoms with Crippen molar-refractivity contribution < 1.29 is 22.8 Å². The third-order valence-electron chi connectivity index (χ3n) is 6.44. The lowest BCUT2D eigenvalue weighted by molar-refractivity contribution is -0.192. The molecule has 1 aliphatic carbocycles. The molecule has 5 rings (SSSR count). The molecule has 2 heterocycles. The maximum Gasteiger partial charge on any atom is 0.403 e. The smallest absolute Gasteiger partial charge is 0.351 e. The normalized spacial score (nSPS) is 14.4. The summed E-state index contributed by atoms with van der Waals surface area (Å²) in [4.78, 5) is 29.5. The van der Waals surface area contributed by atoms with Crippen LogP contribution in [-0.2, 0) is 11.3 Å². The number of nitrogens with one attached hydrogen (secondary N) is 2. The summed E-state index contributed by atoms with van der Waals surface area (Å²) < 4.78 is 41.3. The first-order chi connectivity index (χ1) is 17.6. The number of anilines is 1. The SMILES string of the molecule is Cc1cc(-n2ncc3c(NC(=O)c4cc(CNC(=O)C5(C(F)(F)F)CC5)ccc4Cl)cccc32)ccn1. The zero-order valence-electron chi connectivity index (χ0n) is 19.6. The number of hydrogen-bond acceptors (Lipinski definition) is 4. The van der Waals surface area contributed by atoms with E-state index in [1.807, 2.05) is 25.1 Å².